The van der Waals surface area contributed by atoms with Crippen LogP contribution in [0.3, 0.4) is 0 Å². The van der Waals surface area contributed by atoms with Gasteiger partial charge >= 0.3 is 0 Å². The molecule has 1 aliphatic carbocycles. The van der Waals surface area contributed by atoms with Crippen molar-refractivity contribution in [1.82, 2.24) is 10.6 Å². The SMILES string of the molecule is Cc1cc(C=N)ccc1OCC(C)(C)NC(=O)[C@@H]1C2CNC[C@]21C. The first-order valence-corrected chi connectivity index (χ1v) is 8.53. The predicted molar refractivity (Wildman–Crippen MR) is 94.7 cm³/mol. The van der Waals surface area contributed by atoms with Crippen LogP contribution in [-0.4, -0.2) is 37.4 Å². The molecule has 0 bridgehead atoms. The van der Waals surface area contributed by atoms with Crippen molar-refractivity contribution in [3.8, 4) is 5.75 Å². The van der Waals surface area contributed by atoms with Crippen molar-refractivity contribution in [1.29, 1.82) is 5.41 Å². The Kier molecular flexibility index (Phi) is 4.16. The van der Waals surface area contributed by atoms with Gasteiger partial charge in [0.2, 0.25) is 5.91 Å². The number of ether oxygens (including phenoxy) is 1. The quantitative estimate of drug-likeness (QED) is 0.700. The lowest BCUT2D eigenvalue weighted by Gasteiger charge is -2.27. The van der Waals surface area contributed by atoms with Crippen molar-refractivity contribution in [2.24, 2.45) is 17.3 Å². The fourth-order valence-corrected chi connectivity index (χ4v) is 3.86. The summed E-state index contributed by atoms with van der Waals surface area (Å²) in [6, 6.07) is 5.67. The van der Waals surface area contributed by atoms with Gasteiger partial charge in [-0.2, -0.15) is 0 Å². The van der Waals surface area contributed by atoms with Gasteiger partial charge in [-0.25, -0.2) is 0 Å². The molecule has 1 saturated carbocycles. The van der Waals surface area contributed by atoms with E-state index < -0.39 is 5.54 Å². The van der Waals surface area contributed by atoms with E-state index in [4.69, 9.17) is 10.1 Å². The Morgan fingerprint density at radius 3 is 2.88 bits per heavy atom. The second kappa shape index (κ2) is 5.88. The molecule has 3 N–H and O–H groups in total. The highest BCUT2D eigenvalue weighted by molar-refractivity contribution is 5.84. The van der Waals surface area contributed by atoms with E-state index in [0.717, 1.165) is 30.0 Å². The van der Waals surface area contributed by atoms with E-state index in [1.54, 1.807) is 0 Å². The van der Waals surface area contributed by atoms with E-state index in [1.165, 1.54) is 6.21 Å². The lowest BCUT2D eigenvalue weighted by molar-refractivity contribution is -0.125. The third-order valence-corrected chi connectivity index (χ3v) is 5.42. The molecule has 5 heteroatoms. The average Bonchev–Trinajstić information content (AvgIpc) is 2.91. The molecule has 1 aromatic rings. The van der Waals surface area contributed by atoms with Crippen LogP contribution < -0.4 is 15.4 Å². The number of hydrogen-bond acceptors (Lipinski definition) is 4. The lowest BCUT2D eigenvalue weighted by Crippen LogP contribution is -2.49. The lowest BCUT2D eigenvalue weighted by atomic mass is 10.0. The first-order chi connectivity index (χ1) is 11.3. The Morgan fingerprint density at radius 2 is 2.29 bits per heavy atom. The van der Waals surface area contributed by atoms with Crippen LogP contribution in [0.5, 0.6) is 5.75 Å². The molecule has 1 aromatic carbocycles. The van der Waals surface area contributed by atoms with Gasteiger partial charge < -0.3 is 20.8 Å². The standard InChI is InChI=1S/C19H27N3O2/c1-12-7-13(8-20)5-6-15(12)24-11-18(2,3)22-17(23)16-14-9-21-10-19(14,16)4/h5-8,14,16,20-21H,9-11H2,1-4H3,(H,22,23)/t14?,16-,19+/m0/s1. The van der Waals surface area contributed by atoms with Gasteiger partial charge in [-0.1, -0.05) is 6.92 Å². The van der Waals surface area contributed by atoms with Crippen LogP contribution in [-0.2, 0) is 4.79 Å². The summed E-state index contributed by atoms with van der Waals surface area (Å²) in [7, 11) is 0. The number of nitrogens with one attached hydrogen (secondary N) is 3. The minimum Gasteiger partial charge on any atom is -0.491 e. The topological polar surface area (TPSA) is 74.2 Å². The van der Waals surface area contributed by atoms with E-state index in [2.05, 4.69) is 17.6 Å². The molecular weight excluding hydrogens is 302 g/mol. The highest BCUT2D eigenvalue weighted by Gasteiger charge is 2.67. The first-order valence-electron chi connectivity index (χ1n) is 8.53. The molecule has 1 unspecified atom stereocenters. The zero-order valence-corrected chi connectivity index (χ0v) is 14.9. The van der Waals surface area contributed by atoms with Gasteiger partial charge in [0.15, 0.2) is 0 Å². The molecule has 2 fully saturated rings. The van der Waals surface area contributed by atoms with E-state index >= 15 is 0 Å². The van der Waals surface area contributed by atoms with Crippen LogP contribution in [0.1, 0.15) is 31.9 Å². The third kappa shape index (κ3) is 3.05. The molecule has 0 spiro atoms. The van der Waals surface area contributed by atoms with E-state index in [1.807, 2.05) is 39.0 Å². The number of amides is 1. The maximum atomic E-state index is 12.6. The molecule has 24 heavy (non-hydrogen) atoms. The van der Waals surface area contributed by atoms with Crippen molar-refractivity contribution in [2.75, 3.05) is 19.7 Å². The van der Waals surface area contributed by atoms with Gasteiger partial charge in [0.05, 0.1) is 5.54 Å². The molecule has 2 aliphatic rings. The Bertz CT molecular complexity index is 671. The number of fused-ring (bicyclic) bond motifs is 1. The second-order valence-corrected chi connectivity index (χ2v) is 8.05. The van der Waals surface area contributed by atoms with Crippen molar-refractivity contribution in [3.05, 3.63) is 29.3 Å². The van der Waals surface area contributed by atoms with E-state index in [-0.39, 0.29) is 17.2 Å². The summed E-state index contributed by atoms with van der Waals surface area (Å²) in [6.07, 6.45) is 1.32. The number of piperidine rings is 1. The fourth-order valence-electron chi connectivity index (χ4n) is 3.86. The van der Waals surface area contributed by atoms with Gasteiger partial charge in [-0.15, -0.1) is 0 Å². The molecule has 0 radical (unpaired) electrons. The predicted octanol–water partition coefficient (Wildman–Crippen LogP) is 2.12. The average molecular weight is 329 g/mol. The van der Waals surface area contributed by atoms with Crippen molar-refractivity contribution in [3.63, 3.8) is 0 Å². The van der Waals surface area contributed by atoms with Crippen LogP contribution in [0.2, 0.25) is 0 Å². The van der Waals surface area contributed by atoms with Gasteiger partial charge in [0.25, 0.3) is 0 Å². The minimum absolute atomic E-state index is 0.131. The minimum atomic E-state index is -0.426. The summed E-state index contributed by atoms with van der Waals surface area (Å²) in [5, 5.41) is 13.8. The Balaban J connectivity index is 1.56. The van der Waals surface area contributed by atoms with Gasteiger partial charge in [-0.05, 0) is 68.0 Å². The highest BCUT2D eigenvalue weighted by Crippen LogP contribution is 2.60. The van der Waals surface area contributed by atoms with Crippen LogP contribution >= 0.6 is 0 Å². The normalized spacial score (nSPS) is 28.2. The van der Waals surface area contributed by atoms with E-state index in [0.29, 0.717) is 12.5 Å². The number of carbonyl (C=O) groups is 1. The molecule has 0 aromatic heterocycles. The summed E-state index contributed by atoms with van der Waals surface area (Å²) < 4.78 is 5.92. The Labute approximate surface area is 143 Å². The molecular formula is C19H27N3O2. The zero-order chi connectivity index (χ0) is 17.5. The number of aryl methyl sites for hydroxylation is 1. The fraction of sp³-hybridized carbons (Fsp3) is 0.579. The maximum Gasteiger partial charge on any atom is 0.224 e. The first kappa shape index (κ1) is 17.0. The molecule has 1 aliphatic heterocycles. The van der Waals surface area contributed by atoms with Gasteiger partial charge in [0, 0.05) is 18.7 Å². The molecule has 3 atom stereocenters. The summed E-state index contributed by atoms with van der Waals surface area (Å²) in [6.45, 7) is 10.4. The number of hydrogen-bond donors (Lipinski definition) is 3. The summed E-state index contributed by atoms with van der Waals surface area (Å²) >= 11 is 0. The molecule has 1 saturated heterocycles. The smallest absolute Gasteiger partial charge is 0.224 e. The van der Waals surface area contributed by atoms with Crippen LogP contribution in [0, 0.1) is 29.6 Å². The van der Waals surface area contributed by atoms with Crippen LogP contribution in [0.4, 0.5) is 0 Å². The van der Waals surface area contributed by atoms with Crippen LogP contribution in [0.15, 0.2) is 18.2 Å². The Hall–Kier alpha value is -1.88. The monoisotopic (exact) mass is 329 g/mol. The number of rotatable bonds is 6. The maximum absolute atomic E-state index is 12.6. The molecule has 130 valence electrons. The van der Waals surface area contributed by atoms with Crippen molar-refractivity contribution >= 4 is 12.1 Å². The Morgan fingerprint density at radius 1 is 1.54 bits per heavy atom. The molecule has 3 rings (SSSR count). The molecule has 5 nitrogen and oxygen atoms in total. The van der Waals surface area contributed by atoms with Crippen molar-refractivity contribution in [2.45, 2.75) is 33.2 Å². The van der Waals surface area contributed by atoms with Crippen molar-refractivity contribution < 1.29 is 9.53 Å². The highest BCUT2D eigenvalue weighted by atomic mass is 16.5. The summed E-state index contributed by atoms with van der Waals surface area (Å²) in [5.74, 6) is 1.55. The van der Waals surface area contributed by atoms with Crippen LogP contribution in [0.25, 0.3) is 0 Å². The van der Waals surface area contributed by atoms with Gasteiger partial charge in [0.1, 0.15) is 12.4 Å². The summed E-state index contributed by atoms with van der Waals surface area (Å²) in [4.78, 5) is 12.6. The number of benzene rings is 1. The second-order valence-electron chi connectivity index (χ2n) is 8.05. The summed E-state index contributed by atoms with van der Waals surface area (Å²) in [5.41, 5.74) is 1.56. The van der Waals surface area contributed by atoms with E-state index in [9.17, 15) is 4.79 Å². The number of carbonyl (C=O) groups excluding carboxylic acids is 1. The zero-order valence-electron chi connectivity index (χ0n) is 14.9. The largest absolute Gasteiger partial charge is 0.491 e. The third-order valence-electron chi connectivity index (χ3n) is 5.42. The van der Waals surface area contributed by atoms with Gasteiger partial charge in [-0.3, -0.25) is 4.79 Å². The molecule has 1 heterocycles. The molecule has 1 amide bonds.